The van der Waals surface area contributed by atoms with Crippen LogP contribution in [0.3, 0.4) is 0 Å². The van der Waals surface area contributed by atoms with Gasteiger partial charge >= 0.3 is 0 Å². The number of phenolic OH excluding ortho intramolecular Hbond substituents is 2. The zero-order valence-electron chi connectivity index (χ0n) is 28.1. The average Bonchev–Trinajstić information content (AvgIpc) is 3.52. The van der Waals surface area contributed by atoms with Gasteiger partial charge in [-0.05, 0) is 70.7 Å². The summed E-state index contributed by atoms with van der Waals surface area (Å²) in [5.41, 5.74) is 5.71. The molecule has 4 aliphatic rings. The van der Waals surface area contributed by atoms with Gasteiger partial charge in [0.1, 0.15) is 23.6 Å². The molecule has 0 aromatic heterocycles. The molecule has 2 amide bonds. The number of ether oxygens (including phenoxy) is 2. The molecule has 1 unspecified atom stereocenters. The number of phenols is 2. The second-order valence-electron chi connectivity index (χ2n) is 13.4. The third-order valence-electron chi connectivity index (χ3n) is 10.7. The van der Waals surface area contributed by atoms with Crippen LogP contribution < -0.4 is 20.1 Å². The van der Waals surface area contributed by atoms with Crippen molar-refractivity contribution in [2.75, 3.05) is 20.4 Å². The van der Waals surface area contributed by atoms with Crippen molar-refractivity contribution < 1.29 is 73.3 Å². The summed E-state index contributed by atoms with van der Waals surface area (Å²) in [5.74, 6) is 0.872. The molecule has 4 heterocycles. The molecule has 11 nitrogen and oxygen atoms in total. The summed E-state index contributed by atoms with van der Waals surface area (Å²) in [6.45, 7) is 9.57. The fourth-order valence-corrected chi connectivity index (χ4v) is 8.17. The molecule has 1 fully saturated rings. The maximum atomic E-state index is 13.4. The molecule has 12 heteroatoms. The topological polar surface area (TPSA) is 147 Å². The Kier molecular flexibility index (Phi) is 10.7. The van der Waals surface area contributed by atoms with Crippen LogP contribution in [-0.2, 0) is 22.4 Å². The molecular formula is C35H45AcN5O6. The van der Waals surface area contributed by atoms with Gasteiger partial charge < -0.3 is 30.3 Å². The van der Waals surface area contributed by atoms with Crippen molar-refractivity contribution in [2.45, 2.75) is 109 Å². The Balaban J connectivity index is 0.00000433. The Labute approximate surface area is 312 Å². The van der Waals surface area contributed by atoms with Crippen molar-refractivity contribution in [1.29, 1.82) is 5.26 Å². The summed E-state index contributed by atoms with van der Waals surface area (Å²) < 4.78 is 11.8. The van der Waals surface area contributed by atoms with Gasteiger partial charge in [-0.1, -0.05) is 25.8 Å². The molecule has 4 N–H and O–H groups in total. The minimum atomic E-state index is -0.752. The molecule has 6 rings (SSSR count). The summed E-state index contributed by atoms with van der Waals surface area (Å²) in [6.07, 6.45) is 4.08. The number of nitrogens with one attached hydrogen (secondary N) is 2. The Morgan fingerprint density at radius 2 is 1.79 bits per heavy atom. The maximum absolute atomic E-state index is 13.4. The third kappa shape index (κ3) is 6.00. The van der Waals surface area contributed by atoms with Crippen LogP contribution in [-0.4, -0.2) is 76.4 Å². The molecule has 0 spiro atoms. The largest absolute Gasteiger partial charge is 0.507 e. The molecule has 1 radical (unpaired) electrons. The summed E-state index contributed by atoms with van der Waals surface area (Å²) in [5, 5.41) is 39.8. The van der Waals surface area contributed by atoms with Crippen LogP contribution in [0.2, 0.25) is 0 Å². The van der Waals surface area contributed by atoms with Crippen LogP contribution in [0.5, 0.6) is 23.0 Å². The van der Waals surface area contributed by atoms with Gasteiger partial charge in [0.2, 0.25) is 18.6 Å². The number of rotatable bonds is 8. The molecule has 2 aromatic carbocycles. The second-order valence-corrected chi connectivity index (χ2v) is 13.4. The molecule has 2 aromatic rings. The quantitative estimate of drug-likeness (QED) is 0.292. The molecule has 249 valence electrons. The first-order valence-electron chi connectivity index (χ1n) is 16.4. The Bertz CT molecular complexity index is 1630. The molecule has 47 heavy (non-hydrogen) atoms. The van der Waals surface area contributed by atoms with E-state index in [9.17, 15) is 25.1 Å². The number of fused-ring (bicyclic) bond motifs is 9. The zero-order valence-corrected chi connectivity index (χ0v) is 32.9. The van der Waals surface area contributed by atoms with Gasteiger partial charge in [-0.3, -0.25) is 19.4 Å². The van der Waals surface area contributed by atoms with Crippen LogP contribution in [0.1, 0.15) is 90.6 Å². The van der Waals surface area contributed by atoms with Crippen molar-refractivity contribution in [3.63, 3.8) is 0 Å². The van der Waals surface area contributed by atoms with Crippen molar-refractivity contribution in [3.8, 4) is 29.1 Å². The second kappa shape index (κ2) is 14.1. The van der Waals surface area contributed by atoms with Gasteiger partial charge in [-0.15, -0.1) is 0 Å². The van der Waals surface area contributed by atoms with E-state index in [2.05, 4.69) is 39.5 Å². The third-order valence-corrected chi connectivity index (χ3v) is 10.7. The Morgan fingerprint density at radius 3 is 2.49 bits per heavy atom. The molecular weight excluding hydrogens is 813 g/mol. The zero-order chi connectivity index (χ0) is 33.0. The molecule has 0 saturated carbocycles. The van der Waals surface area contributed by atoms with Crippen molar-refractivity contribution in [1.82, 2.24) is 20.4 Å². The predicted molar refractivity (Wildman–Crippen MR) is 171 cm³/mol. The van der Waals surface area contributed by atoms with E-state index in [1.807, 2.05) is 20.9 Å². The number of unbranched alkanes of at least 4 members (excludes halogenated alkanes) is 2. The number of benzene rings is 2. The fraction of sp³-hybridized carbons (Fsp3) is 0.571. The van der Waals surface area contributed by atoms with E-state index in [4.69, 9.17) is 9.47 Å². The molecule has 4 aliphatic heterocycles. The molecule has 6 atom stereocenters. The summed E-state index contributed by atoms with van der Waals surface area (Å²) in [4.78, 5) is 30.2. The van der Waals surface area contributed by atoms with Crippen LogP contribution in [0.15, 0.2) is 6.07 Å². The molecule has 0 aliphatic carbocycles. The molecule has 2 bridgehead atoms. The average molecular weight is 859 g/mol. The molecule has 1 saturated heterocycles. The number of hydrogen-bond acceptors (Lipinski definition) is 9. The van der Waals surface area contributed by atoms with Gasteiger partial charge in [0.05, 0.1) is 18.2 Å². The summed E-state index contributed by atoms with van der Waals surface area (Å²) in [7, 11) is 2.01. The van der Waals surface area contributed by atoms with Gasteiger partial charge in [0, 0.05) is 91.4 Å². The first-order valence-corrected chi connectivity index (χ1v) is 16.4. The number of aromatic hydroxyl groups is 2. The number of amides is 2. The summed E-state index contributed by atoms with van der Waals surface area (Å²) in [6, 6.07) is 2.11. The Morgan fingerprint density at radius 1 is 1.06 bits per heavy atom. The minimum Gasteiger partial charge on any atom is -0.507 e. The number of aryl methyl sites for hydroxylation is 1. The number of carbonyl (C=O) groups excluding carboxylic acids is 2. The van der Waals surface area contributed by atoms with Crippen LogP contribution in [0.25, 0.3) is 0 Å². The van der Waals surface area contributed by atoms with E-state index < -0.39 is 18.1 Å². The van der Waals surface area contributed by atoms with Gasteiger partial charge in [-0.25, -0.2) is 0 Å². The standard InChI is InChI=1S/C35H45N5O6.Ac/c1-7-8-9-10-27(41)38-20(5)35(44)37-15-26-29-22(31(42)19(4)33-34(29)46-16-45-33)13-24-30-28-21(11-17(2)18(3)32(28)43)12-23(39(30)6)25(14-36)40(24)26;/h11,20,23-26,30,42-43H,7-10,12-13,15-16H2,1-6H3,(H,37,44)(H,38,41);/t20-,23-,24?,25-,26-,30+;/m0./s1. The Hall–Kier alpha value is -2.57. The van der Waals surface area contributed by atoms with E-state index in [0.29, 0.717) is 47.5 Å². The van der Waals surface area contributed by atoms with E-state index in [1.165, 1.54) is 0 Å². The van der Waals surface area contributed by atoms with E-state index >= 15 is 0 Å². The number of nitrogens with zero attached hydrogens (tertiary/aromatic N) is 3. The van der Waals surface area contributed by atoms with Crippen molar-refractivity contribution >= 4 is 11.8 Å². The number of hydrogen-bond donors (Lipinski definition) is 4. The van der Waals surface area contributed by atoms with Crippen LogP contribution in [0.4, 0.5) is 0 Å². The van der Waals surface area contributed by atoms with E-state index in [-0.39, 0.29) is 98.8 Å². The summed E-state index contributed by atoms with van der Waals surface area (Å²) >= 11 is 0. The van der Waals surface area contributed by atoms with Crippen molar-refractivity contribution in [3.05, 3.63) is 45.0 Å². The van der Waals surface area contributed by atoms with Crippen LogP contribution >= 0.6 is 0 Å². The number of likely N-dealkylation sites (N-methyl/N-ethyl adjacent to an activating group) is 1. The smallest absolute Gasteiger partial charge is 0.242 e. The normalized spacial score (nSPS) is 24.6. The van der Waals surface area contributed by atoms with Gasteiger partial charge in [0.15, 0.2) is 11.5 Å². The van der Waals surface area contributed by atoms with E-state index in [0.717, 1.165) is 41.5 Å². The first kappa shape index (κ1) is 35.7. The number of carbonyl (C=O) groups is 2. The minimum absolute atomic E-state index is 0. The van der Waals surface area contributed by atoms with Crippen LogP contribution in [0, 0.1) is 76.2 Å². The number of nitriles is 1. The monoisotopic (exact) mass is 858 g/mol. The van der Waals surface area contributed by atoms with Gasteiger partial charge in [-0.2, -0.15) is 5.26 Å². The van der Waals surface area contributed by atoms with Crippen molar-refractivity contribution in [2.24, 2.45) is 0 Å². The SMILES string of the molecule is CCCCCC(=O)N[C@@H](C)C(=O)NC[C@H]1c2c(c(O)c(C)c3c2OCO3)CC2[C@@H]3c4c(cc(C)c(C)c4O)C[C@@H]([C@H](C#N)N21)N3C.[Ac]. The first-order chi connectivity index (χ1) is 22.0. The predicted octanol–water partition coefficient (Wildman–Crippen LogP) is 3.72. The van der Waals surface area contributed by atoms with E-state index in [1.54, 1.807) is 13.8 Å². The van der Waals surface area contributed by atoms with Gasteiger partial charge in [0.25, 0.3) is 0 Å². The fourth-order valence-electron chi connectivity index (χ4n) is 8.17. The number of piperazine rings is 1. The maximum Gasteiger partial charge on any atom is 0.242 e.